The molecule has 18 heavy (non-hydrogen) atoms. The van der Waals surface area contributed by atoms with Gasteiger partial charge in [0.2, 0.25) is 0 Å². The smallest absolute Gasteiger partial charge is 0.0520 e. The zero-order chi connectivity index (χ0) is 13.0. The molecule has 0 aliphatic carbocycles. The number of nitrogens with two attached hydrogens (primary N) is 1. The fraction of sp³-hybridized carbons (Fsp3) is 0.600. The monoisotopic (exact) mass is 247 g/mol. The first-order valence-electron chi connectivity index (χ1n) is 6.95. The van der Waals surface area contributed by atoms with Gasteiger partial charge >= 0.3 is 0 Å². The number of piperidine rings is 1. The lowest BCUT2D eigenvalue weighted by molar-refractivity contribution is 0.184. The van der Waals surface area contributed by atoms with Crippen molar-refractivity contribution >= 4 is 5.69 Å². The van der Waals surface area contributed by atoms with E-state index in [0.29, 0.717) is 6.54 Å². The highest BCUT2D eigenvalue weighted by Crippen LogP contribution is 2.27. The van der Waals surface area contributed by atoms with Crippen LogP contribution in [0.1, 0.15) is 25.3 Å². The molecule has 3 heteroatoms. The van der Waals surface area contributed by atoms with Crippen molar-refractivity contribution in [2.24, 2.45) is 5.73 Å². The fourth-order valence-electron chi connectivity index (χ4n) is 2.68. The first kappa shape index (κ1) is 13.4. The van der Waals surface area contributed by atoms with Crippen molar-refractivity contribution in [1.82, 2.24) is 4.90 Å². The number of aryl methyl sites for hydroxylation is 1. The lowest BCUT2D eigenvalue weighted by atomic mass is 9.87. The van der Waals surface area contributed by atoms with Crippen LogP contribution in [-0.4, -0.2) is 36.6 Å². The molecule has 1 heterocycles. The van der Waals surface area contributed by atoms with Crippen molar-refractivity contribution < 1.29 is 0 Å². The van der Waals surface area contributed by atoms with E-state index >= 15 is 0 Å². The van der Waals surface area contributed by atoms with E-state index in [4.69, 9.17) is 5.73 Å². The Hall–Kier alpha value is -1.06. The van der Waals surface area contributed by atoms with Gasteiger partial charge in [-0.1, -0.05) is 25.1 Å². The van der Waals surface area contributed by atoms with E-state index in [1.54, 1.807) is 0 Å². The van der Waals surface area contributed by atoms with Gasteiger partial charge in [0.25, 0.3) is 0 Å². The van der Waals surface area contributed by atoms with Gasteiger partial charge in [0, 0.05) is 25.3 Å². The molecule has 1 aromatic carbocycles. The minimum absolute atomic E-state index is 0.0811. The predicted octanol–water partition coefficient (Wildman–Crippen LogP) is 2.22. The Morgan fingerprint density at radius 3 is 2.50 bits per heavy atom. The molecule has 0 aromatic heterocycles. The van der Waals surface area contributed by atoms with E-state index in [-0.39, 0.29) is 5.54 Å². The average Bonchev–Trinajstić information content (AvgIpc) is 2.42. The minimum atomic E-state index is 0.0811. The summed E-state index contributed by atoms with van der Waals surface area (Å²) in [6, 6.07) is 8.46. The summed E-state index contributed by atoms with van der Waals surface area (Å²) >= 11 is 0. The molecule has 1 aliphatic rings. The third-order valence-corrected chi connectivity index (χ3v) is 4.20. The average molecular weight is 247 g/mol. The molecule has 1 aliphatic heterocycles. The van der Waals surface area contributed by atoms with Gasteiger partial charge in [0.1, 0.15) is 0 Å². The first-order valence-corrected chi connectivity index (χ1v) is 6.95. The van der Waals surface area contributed by atoms with Crippen molar-refractivity contribution in [3.05, 3.63) is 29.8 Å². The maximum absolute atomic E-state index is 6.04. The van der Waals surface area contributed by atoms with Crippen LogP contribution >= 0.6 is 0 Å². The maximum Gasteiger partial charge on any atom is 0.0520 e. The third kappa shape index (κ3) is 2.85. The number of hydrogen-bond acceptors (Lipinski definition) is 3. The summed E-state index contributed by atoms with van der Waals surface area (Å²) in [6.07, 6.45) is 2.26. The Bertz CT molecular complexity index is 381. The van der Waals surface area contributed by atoms with Crippen LogP contribution in [0.5, 0.6) is 0 Å². The van der Waals surface area contributed by atoms with Crippen LogP contribution in [0.25, 0.3) is 0 Å². The second-order valence-electron chi connectivity index (χ2n) is 5.36. The van der Waals surface area contributed by atoms with E-state index in [9.17, 15) is 0 Å². The topological polar surface area (TPSA) is 41.3 Å². The first-order chi connectivity index (χ1) is 8.69. The van der Waals surface area contributed by atoms with Gasteiger partial charge in [-0.05, 0) is 37.9 Å². The van der Waals surface area contributed by atoms with Gasteiger partial charge in [-0.3, -0.25) is 0 Å². The highest BCUT2D eigenvalue weighted by Gasteiger charge is 2.32. The number of nitrogens with zero attached hydrogens (tertiary/aromatic N) is 1. The number of rotatable bonds is 4. The normalized spacial score (nSPS) is 19.7. The lowest BCUT2D eigenvalue weighted by Gasteiger charge is -2.42. The summed E-state index contributed by atoms with van der Waals surface area (Å²) in [5.74, 6) is 0. The van der Waals surface area contributed by atoms with Crippen LogP contribution in [0.3, 0.4) is 0 Å². The quantitative estimate of drug-likeness (QED) is 0.857. The number of para-hydroxylation sites is 1. The molecule has 3 nitrogen and oxygen atoms in total. The highest BCUT2D eigenvalue weighted by molar-refractivity contribution is 5.52. The predicted molar refractivity (Wildman–Crippen MR) is 77.9 cm³/mol. The molecule has 0 spiro atoms. The van der Waals surface area contributed by atoms with Crippen molar-refractivity contribution in [3.63, 3.8) is 0 Å². The Morgan fingerprint density at radius 1 is 1.28 bits per heavy atom. The Kier molecular flexibility index (Phi) is 4.25. The Balaban J connectivity index is 2.08. The van der Waals surface area contributed by atoms with Crippen LogP contribution in [0.15, 0.2) is 24.3 Å². The Labute approximate surface area is 110 Å². The fourth-order valence-corrected chi connectivity index (χ4v) is 2.68. The number of anilines is 1. The molecule has 100 valence electrons. The van der Waals surface area contributed by atoms with Gasteiger partial charge in [-0.2, -0.15) is 0 Å². The lowest BCUT2D eigenvalue weighted by Crippen LogP contribution is -2.53. The largest absolute Gasteiger partial charge is 0.378 e. The molecule has 0 bridgehead atoms. The molecule has 1 saturated heterocycles. The van der Waals surface area contributed by atoms with Gasteiger partial charge in [-0.25, -0.2) is 0 Å². The molecule has 0 radical (unpaired) electrons. The molecule has 1 aromatic rings. The summed E-state index contributed by atoms with van der Waals surface area (Å²) in [7, 11) is 0. The zero-order valence-electron chi connectivity index (χ0n) is 11.6. The Morgan fingerprint density at radius 2 is 1.94 bits per heavy atom. The molecular weight excluding hydrogens is 222 g/mol. The minimum Gasteiger partial charge on any atom is -0.378 e. The zero-order valence-corrected chi connectivity index (χ0v) is 11.6. The second kappa shape index (κ2) is 5.72. The van der Waals surface area contributed by atoms with Crippen LogP contribution in [-0.2, 0) is 0 Å². The number of benzene rings is 1. The third-order valence-electron chi connectivity index (χ3n) is 4.20. The molecule has 3 N–H and O–H groups in total. The molecule has 0 amide bonds. The van der Waals surface area contributed by atoms with Crippen molar-refractivity contribution in [2.75, 3.05) is 31.5 Å². The van der Waals surface area contributed by atoms with E-state index in [0.717, 1.165) is 32.5 Å². The van der Waals surface area contributed by atoms with Gasteiger partial charge in [0.05, 0.1) is 5.54 Å². The van der Waals surface area contributed by atoms with Crippen molar-refractivity contribution in [1.29, 1.82) is 0 Å². The maximum atomic E-state index is 6.04. The van der Waals surface area contributed by atoms with Gasteiger partial charge < -0.3 is 16.0 Å². The molecule has 0 unspecified atom stereocenters. The standard InChI is InChI=1S/C15H25N3/c1-3-18-10-8-15(12-16,9-11-18)17-14-7-5-4-6-13(14)2/h4-7,17H,3,8-12,16H2,1-2H3. The van der Waals surface area contributed by atoms with Gasteiger partial charge in [0.15, 0.2) is 0 Å². The SMILES string of the molecule is CCN1CCC(CN)(Nc2ccccc2C)CC1. The summed E-state index contributed by atoms with van der Waals surface area (Å²) in [4.78, 5) is 2.49. The van der Waals surface area contributed by atoms with Crippen molar-refractivity contribution in [2.45, 2.75) is 32.2 Å². The molecule has 1 fully saturated rings. The van der Waals surface area contributed by atoms with Crippen LogP contribution < -0.4 is 11.1 Å². The number of likely N-dealkylation sites (tertiary alicyclic amines) is 1. The van der Waals surface area contributed by atoms with Gasteiger partial charge in [-0.15, -0.1) is 0 Å². The summed E-state index contributed by atoms with van der Waals surface area (Å²) in [5, 5.41) is 3.71. The van der Waals surface area contributed by atoms with E-state index in [1.807, 2.05) is 0 Å². The van der Waals surface area contributed by atoms with E-state index in [2.05, 4.69) is 48.3 Å². The number of hydrogen-bond donors (Lipinski definition) is 2. The summed E-state index contributed by atoms with van der Waals surface area (Å²) in [6.45, 7) is 8.51. The molecule has 2 rings (SSSR count). The molecule has 0 saturated carbocycles. The molecular formula is C15H25N3. The van der Waals surface area contributed by atoms with Crippen molar-refractivity contribution in [3.8, 4) is 0 Å². The van der Waals surface area contributed by atoms with Crippen LogP contribution in [0, 0.1) is 6.92 Å². The van der Waals surface area contributed by atoms with E-state index < -0.39 is 0 Å². The molecule has 0 atom stereocenters. The van der Waals surface area contributed by atoms with Crippen LogP contribution in [0.2, 0.25) is 0 Å². The second-order valence-corrected chi connectivity index (χ2v) is 5.36. The number of nitrogens with one attached hydrogen (secondary N) is 1. The highest BCUT2D eigenvalue weighted by atomic mass is 15.2. The van der Waals surface area contributed by atoms with Crippen LogP contribution in [0.4, 0.5) is 5.69 Å². The van der Waals surface area contributed by atoms with E-state index in [1.165, 1.54) is 11.3 Å². The summed E-state index contributed by atoms with van der Waals surface area (Å²) < 4.78 is 0. The summed E-state index contributed by atoms with van der Waals surface area (Å²) in [5.41, 5.74) is 8.65.